The van der Waals surface area contributed by atoms with E-state index in [1.807, 2.05) is 0 Å². The van der Waals surface area contributed by atoms with Gasteiger partial charge in [0.25, 0.3) is 0 Å². The zero-order valence-electron chi connectivity index (χ0n) is 7.18. The summed E-state index contributed by atoms with van der Waals surface area (Å²) in [5.41, 5.74) is -2.52. The third-order valence-corrected chi connectivity index (χ3v) is 2.36. The van der Waals surface area contributed by atoms with E-state index in [0.717, 1.165) is 6.92 Å². The lowest BCUT2D eigenvalue weighted by molar-refractivity contribution is -0.223. The monoisotopic (exact) mass is 211 g/mol. The number of aliphatic carboxylic acids is 1. The molecule has 0 aliphatic carbocycles. The number of hydrogen-bond donors (Lipinski definition) is 2. The van der Waals surface area contributed by atoms with Gasteiger partial charge in [-0.25, -0.2) is 4.79 Å². The van der Waals surface area contributed by atoms with Gasteiger partial charge in [-0.3, -0.25) is 4.79 Å². The van der Waals surface area contributed by atoms with E-state index in [0.29, 0.717) is 0 Å². The van der Waals surface area contributed by atoms with Crippen LogP contribution in [-0.4, -0.2) is 29.2 Å². The van der Waals surface area contributed by atoms with Crippen molar-refractivity contribution in [3.8, 4) is 0 Å². The van der Waals surface area contributed by atoms with Crippen molar-refractivity contribution in [3.05, 3.63) is 0 Å². The van der Waals surface area contributed by atoms with Crippen molar-refractivity contribution in [3.63, 3.8) is 0 Å². The van der Waals surface area contributed by atoms with Gasteiger partial charge in [-0.05, 0) is 6.92 Å². The smallest absolute Gasteiger partial charge is 0.397 e. The summed E-state index contributed by atoms with van der Waals surface area (Å²) in [5.74, 6) is -2.56. The van der Waals surface area contributed by atoms with Gasteiger partial charge in [0.15, 0.2) is 0 Å². The van der Waals surface area contributed by atoms with Gasteiger partial charge in [0.1, 0.15) is 11.5 Å². The number of amides is 1. The Hall–Kier alpha value is -1.27. The first kappa shape index (κ1) is 10.8. The first-order chi connectivity index (χ1) is 6.18. The summed E-state index contributed by atoms with van der Waals surface area (Å²) in [4.78, 5) is 21.2. The van der Waals surface area contributed by atoms with Crippen LogP contribution in [0, 0.1) is 5.41 Å². The number of carbonyl (C=O) groups is 2. The fraction of sp³-hybridized carbons (Fsp3) is 0.714. The molecule has 80 valence electrons. The second-order valence-electron chi connectivity index (χ2n) is 3.43. The van der Waals surface area contributed by atoms with E-state index in [9.17, 15) is 22.8 Å². The minimum absolute atomic E-state index is 0.726. The molecule has 1 aliphatic rings. The van der Waals surface area contributed by atoms with Crippen LogP contribution >= 0.6 is 0 Å². The number of nitrogens with one attached hydrogen (secondary N) is 1. The molecule has 1 unspecified atom stereocenters. The number of rotatable bonds is 1. The quantitative estimate of drug-likeness (QED) is 0.664. The second kappa shape index (κ2) is 2.86. The van der Waals surface area contributed by atoms with E-state index in [4.69, 9.17) is 5.11 Å². The van der Waals surface area contributed by atoms with Gasteiger partial charge in [0.2, 0.25) is 5.91 Å². The molecule has 1 aliphatic heterocycles. The van der Waals surface area contributed by atoms with Gasteiger partial charge >= 0.3 is 12.1 Å². The van der Waals surface area contributed by atoms with E-state index in [1.165, 1.54) is 0 Å². The number of halogens is 3. The number of carboxylic acids is 1. The molecule has 0 spiro atoms. The molecule has 14 heavy (non-hydrogen) atoms. The van der Waals surface area contributed by atoms with Crippen LogP contribution in [0.3, 0.4) is 0 Å². The minimum Gasteiger partial charge on any atom is -0.480 e. The van der Waals surface area contributed by atoms with Crippen LogP contribution in [0.4, 0.5) is 13.2 Å². The topological polar surface area (TPSA) is 66.4 Å². The molecule has 2 atom stereocenters. The molecule has 2 N–H and O–H groups in total. The molecule has 0 saturated carbocycles. The molecule has 1 heterocycles. The lowest BCUT2D eigenvalue weighted by atomic mass is 9.82. The Labute approximate surface area is 77.1 Å². The SMILES string of the molecule is CC1(C(F)(F)F)CC(=O)N[C@@H]1C(=O)O. The van der Waals surface area contributed by atoms with E-state index in [1.54, 1.807) is 5.32 Å². The van der Waals surface area contributed by atoms with E-state index < -0.39 is 35.9 Å². The Morgan fingerprint density at radius 3 is 2.43 bits per heavy atom. The molecule has 0 radical (unpaired) electrons. The van der Waals surface area contributed by atoms with Crippen molar-refractivity contribution < 1.29 is 27.9 Å². The largest absolute Gasteiger partial charge is 0.480 e. The highest BCUT2D eigenvalue weighted by atomic mass is 19.4. The van der Waals surface area contributed by atoms with E-state index in [2.05, 4.69) is 0 Å². The third-order valence-electron chi connectivity index (χ3n) is 2.36. The molecule has 0 aromatic rings. The molecule has 0 bridgehead atoms. The Balaban J connectivity index is 3.07. The fourth-order valence-electron chi connectivity index (χ4n) is 1.41. The van der Waals surface area contributed by atoms with E-state index >= 15 is 0 Å². The average molecular weight is 211 g/mol. The van der Waals surface area contributed by atoms with Crippen LogP contribution in [0.5, 0.6) is 0 Å². The van der Waals surface area contributed by atoms with Gasteiger partial charge < -0.3 is 10.4 Å². The third kappa shape index (κ3) is 1.42. The van der Waals surface area contributed by atoms with Crippen LogP contribution in [0.15, 0.2) is 0 Å². The average Bonchev–Trinajstić information content (AvgIpc) is 2.25. The van der Waals surface area contributed by atoms with Gasteiger partial charge in [-0.2, -0.15) is 13.2 Å². The van der Waals surface area contributed by atoms with Crippen molar-refractivity contribution in [1.82, 2.24) is 5.32 Å². The Kier molecular flexibility index (Phi) is 2.21. The maximum absolute atomic E-state index is 12.5. The predicted molar refractivity (Wildman–Crippen MR) is 38.3 cm³/mol. The van der Waals surface area contributed by atoms with Crippen molar-refractivity contribution >= 4 is 11.9 Å². The Morgan fingerprint density at radius 1 is 1.64 bits per heavy atom. The number of carboxylic acid groups (broad SMARTS) is 1. The molecule has 1 saturated heterocycles. The summed E-state index contributed by atoms with van der Waals surface area (Å²) in [6.45, 7) is 0.726. The maximum Gasteiger partial charge on any atom is 0.397 e. The summed E-state index contributed by atoms with van der Waals surface area (Å²) in [5, 5.41) is 10.3. The van der Waals surface area contributed by atoms with E-state index in [-0.39, 0.29) is 0 Å². The predicted octanol–water partition coefficient (Wildman–Crippen LogP) is 0.528. The van der Waals surface area contributed by atoms with Crippen molar-refractivity contribution in [2.24, 2.45) is 5.41 Å². The standard InChI is InChI=1S/C7H8F3NO3/c1-6(7(8,9)10)2-3(12)11-4(6)5(13)14/h4H,2H2,1H3,(H,11,12)(H,13,14)/t4-,6?/m1/s1. The highest BCUT2D eigenvalue weighted by Gasteiger charge is 2.63. The summed E-state index contributed by atoms with van der Waals surface area (Å²) in [6, 6.07) is -1.89. The summed E-state index contributed by atoms with van der Waals surface area (Å²) in [6.07, 6.45) is -5.55. The molecule has 4 nitrogen and oxygen atoms in total. The lowest BCUT2D eigenvalue weighted by Gasteiger charge is -2.29. The van der Waals surface area contributed by atoms with Crippen LogP contribution in [0.2, 0.25) is 0 Å². The highest BCUT2D eigenvalue weighted by Crippen LogP contribution is 2.46. The van der Waals surface area contributed by atoms with Crippen molar-refractivity contribution in [1.29, 1.82) is 0 Å². The second-order valence-corrected chi connectivity index (χ2v) is 3.43. The summed E-state index contributed by atoms with van der Waals surface area (Å²) >= 11 is 0. The maximum atomic E-state index is 12.5. The zero-order valence-corrected chi connectivity index (χ0v) is 7.18. The fourth-order valence-corrected chi connectivity index (χ4v) is 1.41. The molecular weight excluding hydrogens is 203 g/mol. The molecular formula is C7H8F3NO3. The van der Waals surface area contributed by atoms with Gasteiger partial charge in [0, 0.05) is 6.42 Å². The Morgan fingerprint density at radius 2 is 2.14 bits per heavy atom. The van der Waals surface area contributed by atoms with Gasteiger partial charge in [-0.1, -0.05) is 0 Å². The zero-order chi connectivity index (χ0) is 11.1. The summed E-state index contributed by atoms with van der Waals surface area (Å²) in [7, 11) is 0. The van der Waals surface area contributed by atoms with Crippen LogP contribution in [0.25, 0.3) is 0 Å². The normalized spacial score (nSPS) is 32.9. The number of alkyl halides is 3. The van der Waals surface area contributed by atoms with Gasteiger partial charge in [-0.15, -0.1) is 0 Å². The van der Waals surface area contributed by atoms with Crippen molar-refractivity contribution in [2.45, 2.75) is 25.6 Å². The molecule has 1 rings (SSSR count). The minimum atomic E-state index is -4.71. The highest BCUT2D eigenvalue weighted by molar-refractivity contribution is 5.89. The Bertz CT molecular complexity index is 288. The number of hydrogen-bond acceptors (Lipinski definition) is 2. The summed E-state index contributed by atoms with van der Waals surface area (Å²) < 4.78 is 37.4. The van der Waals surface area contributed by atoms with Crippen LogP contribution in [-0.2, 0) is 9.59 Å². The van der Waals surface area contributed by atoms with Gasteiger partial charge in [0.05, 0.1) is 0 Å². The first-order valence-electron chi connectivity index (χ1n) is 3.77. The van der Waals surface area contributed by atoms with Crippen LogP contribution < -0.4 is 5.32 Å². The molecule has 1 amide bonds. The van der Waals surface area contributed by atoms with Crippen LogP contribution in [0.1, 0.15) is 13.3 Å². The lowest BCUT2D eigenvalue weighted by Crippen LogP contribution is -2.49. The first-order valence-corrected chi connectivity index (χ1v) is 3.77. The molecule has 1 fully saturated rings. The molecule has 0 aromatic heterocycles. The molecule has 7 heteroatoms. The number of carbonyl (C=O) groups excluding carboxylic acids is 1. The van der Waals surface area contributed by atoms with Crippen molar-refractivity contribution in [2.75, 3.05) is 0 Å². The molecule has 0 aromatic carbocycles.